The molecular weight excluding hydrogens is 475 g/mol. The molecule has 5 rings (SSSR count). The number of hydrogen-bond donors (Lipinski definition) is 2. The van der Waals surface area contributed by atoms with Crippen molar-refractivity contribution in [2.75, 3.05) is 11.9 Å². The number of ether oxygens (including phenoxy) is 1. The van der Waals surface area contributed by atoms with E-state index in [1.807, 2.05) is 19.3 Å². The van der Waals surface area contributed by atoms with Crippen LogP contribution in [-0.4, -0.2) is 42.4 Å². The Balaban J connectivity index is 1.57. The fourth-order valence-electron chi connectivity index (χ4n) is 4.03. The van der Waals surface area contributed by atoms with Gasteiger partial charge < -0.3 is 15.2 Å². The molecule has 1 aliphatic heterocycles. The van der Waals surface area contributed by atoms with Crippen LogP contribution in [0.4, 0.5) is 10.1 Å². The van der Waals surface area contributed by atoms with Gasteiger partial charge in [0.25, 0.3) is 0 Å². The van der Waals surface area contributed by atoms with Crippen molar-refractivity contribution in [3.05, 3.63) is 70.1 Å². The smallest absolute Gasteiger partial charge is 0.356 e. The Morgan fingerprint density at radius 1 is 1.31 bits per heavy atom. The zero-order valence-electron chi connectivity index (χ0n) is 18.8. The van der Waals surface area contributed by atoms with Gasteiger partial charge in [0.15, 0.2) is 5.69 Å². The van der Waals surface area contributed by atoms with Gasteiger partial charge >= 0.3 is 5.97 Å². The van der Waals surface area contributed by atoms with E-state index in [1.54, 1.807) is 17.8 Å². The second kappa shape index (κ2) is 8.95. The van der Waals surface area contributed by atoms with E-state index in [2.05, 4.69) is 20.4 Å². The lowest BCUT2D eigenvalue weighted by Crippen LogP contribution is -2.15. The zero-order valence-corrected chi connectivity index (χ0v) is 19.5. The van der Waals surface area contributed by atoms with E-state index in [9.17, 15) is 14.3 Å². The van der Waals surface area contributed by atoms with Crippen LogP contribution in [0.2, 0.25) is 5.15 Å². The number of pyridine rings is 1. The van der Waals surface area contributed by atoms with E-state index >= 15 is 0 Å². The van der Waals surface area contributed by atoms with Crippen LogP contribution in [0.15, 0.2) is 36.7 Å². The summed E-state index contributed by atoms with van der Waals surface area (Å²) in [6.07, 6.45) is 6.24. The maximum atomic E-state index is 14.7. The van der Waals surface area contributed by atoms with Gasteiger partial charge in [-0.15, -0.1) is 0 Å². The molecule has 1 aliphatic rings. The Hall–Kier alpha value is -4.05. The van der Waals surface area contributed by atoms with Crippen molar-refractivity contribution >= 4 is 45.9 Å². The number of aryl methyl sites for hydroxylation is 1. The predicted octanol–water partition coefficient (Wildman–Crippen LogP) is 4.75. The van der Waals surface area contributed by atoms with Crippen molar-refractivity contribution in [2.24, 2.45) is 7.05 Å². The molecule has 0 unspecified atom stereocenters. The Kier molecular flexibility index (Phi) is 5.81. The third-order valence-electron chi connectivity index (χ3n) is 5.61. The van der Waals surface area contributed by atoms with Crippen molar-refractivity contribution < 1.29 is 19.0 Å². The molecule has 0 saturated carbocycles. The molecule has 11 heteroatoms. The molecule has 0 amide bonds. The highest BCUT2D eigenvalue weighted by molar-refractivity contribution is 6.29. The predicted molar refractivity (Wildman–Crippen MR) is 129 cm³/mol. The van der Waals surface area contributed by atoms with Crippen LogP contribution in [0, 0.1) is 5.82 Å². The second-order valence-electron chi connectivity index (χ2n) is 8.16. The first-order chi connectivity index (χ1) is 16.8. The summed E-state index contributed by atoms with van der Waals surface area (Å²) in [5, 5.41) is 16.8. The first-order valence-electron chi connectivity index (χ1n) is 10.8. The molecule has 178 valence electrons. The van der Waals surface area contributed by atoms with Crippen LogP contribution in [0.3, 0.4) is 0 Å². The Morgan fingerprint density at radius 2 is 2.14 bits per heavy atom. The largest absolute Gasteiger partial charge is 0.476 e. The summed E-state index contributed by atoms with van der Waals surface area (Å²) in [5.74, 6) is -1.36. The lowest BCUT2D eigenvalue weighted by atomic mass is 10.0. The van der Waals surface area contributed by atoms with Crippen molar-refractivity contribution in [1.82, 2.24) is 24.7 Å². The van der Waals surface area contributed by atoms with E-state index in [1.165, 1.54) is 24.3 Å². The van der Waals surface area contributed by atoms with E-state index in [0.29, 0.717) is 41.2 Å². The molecule has 0 fully saturated rings. The quantitative estimate of drug-likeness (QED) is 0.382. The third-order valence-corrected chi connectivity index (χ3v) is 5.83. The summed E-state index contributed by atoms with van der Waals surface area (Å²) < 4.78 is 22.2. The first kappa shape index (κ1) is 22.7. The number of rotatable bonds is 5. The highest BCUT2D eigenvalue weighted by atomic mass is 35.5. The van der Waals surface area contributed by atoms with Gasteiger partial charge in [0, 0.05) is 36.9 Å². The molecule has 9 nitrogen and oxygen atoms in total. The maximum absolute atomic E-state index is 14.7. The molecule has 0 bridgehead atoms. The summed E-state index contributed by atoms with van der Waals surface area (Å²) >= 11 is 5.85. The number of aromatic carboxylic acids is 1. The number of benzene rings is 1. The van der Waals surface area contributed by atoms with Gasteiger partial charge in [0.05, 0.1) is 35.6 Å². The van der Waals surface area contributed by atoms with Gasteiger partial charge in [0.2, 0.25) is 5.88 Å². The van der Waals surface area contributed by atoms with Crippen molar-refractivity contribution in [3.8, 4) is 5.88 Å². The van der Waals surface area contributed by atoms with Crippen molar-refractivity contribution in [2.45, 2.75) is 19.4 Å². The highest BCUT2D eigenvalue weighted by Crippen LogP contribution is 2.35. The van der Waals surface area contributed by atoms with Gasteiger partial charge in [-0.2, -0.15) is 5.10 Å². The minimum Gasteiger partial charge on any atom is -0.476 e. The number of carboxylic acids is 1. The summed E-state index contributed by atoms with van der Waals surface area (Å²) in [6, 6.07) is 5.13. The molecule has 2 N–H and O–H groups in total. The second-order valence-corrected chi connectivity index (χ2v) is 8.54. The molecule has 3 aromatic heterocycles. The number of nitrogens with zero attached hydrogens (tertiary/aromatic N) is 5. The molecule has 0 spiro atoms. The topological polar surface area (TPSA) is 115 Å². The number of carbonyl (C=O) groups is 1. The lowest BCUT2D eigenvalue weighted by molar-refractivity contribution is 0.0691. The number of halogens is 2. The first-order valence-corrected chi connectivity index (χ1v) is 11.2. The Morgan fingerprint density at radius 3 is 2.89 bits per heavy atom. The molecule has 4 aromatic rings. The fraction of sp³-hybridized carbons (Fsp3) is 0.208. The van der Waals surface area contributed by atoms with E-state index in [4.69, 9.17) is 21.3 Å². The molecule has 4 heterocycles. The SMILES string of the molecule is C[C@@H](Nc1ccc(Cl)nc1C(=O)O)c1cc(F)cc2nc3c(nc12)OCCC3=Cc1cnn(C)c1. The summed E-state index contributed by atoms with van der Waals surface area (Å²) in [7, 11) is 1.84. The number of hydrogen-bond acceptors (Lipinski definition) is 7. The maximum Gasteiger partial charge on any atom is 0.356 e. The van der Waals surface area contributed by atoms with Gasteiger partial charge in [-0.05, 0) is 36.8 Å². The van der Waals surface area contributed by atoms with Crippen LogP contribution >= 0.6 is 11.6 Å². The molecule has 0 saturated heterocycles. The number of nitrogens with one attached hydrogen (secondary N) is 1. The molecule has 1 aromatic carbocycles. The van der Waals surface area contributed by atoms with Crippen LogP contribution in [0.1, 0.15) is 46.7 Å². The molecule has 35 heavy (non-hydrogen) atoms. The molecule has 0 aliphatic carbocycles. The van der Waals surface area contributed by atoms with E-state index in [0.717, 1.165) is 11.1 Å². The minimum atomic E-state index is -1.23. The van der Waals surface area contributed by atoms with E-state index < -0.39 is 17.8 Å². The van der Waals surface area contributed by atoms with Gasteiger partial charge in [-0.3, -0.25) is 4.68 Å². The van der Waals surface area contributed by atoms with Gasteiger partial charge in [0.1, 0.15) is 16.7 Å². The average Bonchev–Trinajstić information content (AvgIpc) is 3.23. The van der Waals surface area contributed by atoms with Gasteiger partial charge in [-0.25, -0.2) is 24.1 Å². The van der Waals surface area contributed by atoms with Crippen LogP contribution in [-0.2, 0) is 7.05 Å². The third kappa shape index (κ3) is 4.52. The number of anilines is 1. The summed E-state index contributed by atoms with van der Waals surface area (Å²) in [4.78, 5) is 24.9. The monoisotopic (exact) mass is 494 g/mol. The standard InChI is InChI=1S/C24H20ClFN6O3/c1-12(28-17-3-4-19(25)30-22(17)24(33)34)16-8-15(26)9-18-21(16)31-23-20(29-18)14(5-6-35-23)7-13-10-27-32(2)11-13/h3-4,7-12,28H,5-6H2,1-2H3,(H,33,34)/t12-/m1/s1. The zero-order chi connectivity index (χ0) is 24.7. The molecule has 0 radical (unpaired) electrons. The van der Waals surface area contributed by atoms with Gasteiger partial charge in [-0.1, -0.05) is 11.6 Å². The normalized spacial score (nSPS) is 15.0. The summed E-state index contributed by atoms with van der Waals surface area (Å²) in [6.45, 7) is 2.20. The van der Waals surface area contributed by atoms with Crippen LogP contribution in [0.5, 0.6) is 5.88 Å². The average molecular weight is 495 g/mol. The molecular formula is C24H20ClFN6O3. The minimum absolute atomic E-state index is 0.0570. The van der Waals surface area contributed by atoms with Crippen LogP contribution < -0.4 is 10.1 Å². The number of fused-ring (bicyclic) bond motifs is 2. The van der Waals surface area contributed by atoms with Crippen LogP contribution in [0.25, 0.3) is 22.7 Å². The number of carboxylic acid groups (broad SMARTS) is 1. The number of aromatic nitrogens is 5. The molecule has 1 atom stereocenters. The summed E-state index contributed by atoms with van der Waals surface area (Å²) in [5.41, 5.74) is 3.71. The van der Waals surface area contributed by atoms with Crippen molar-refractivity contribution in [1.29, 1.82) is 0 Å². The fourth-order valence-corrected chi connectivity index (χ4v) is 4.18. The Labute approximate surface area is 204 Å². The lowest BCUT2D eigenvalue weighted by Gasteiger charge is -2.21. The van der Waals surface area contributed by atoms with E-state index in [-0.39, 0.29) is 16.5 Å². The Bertz CT molecular complexity index is 1500. The highest BCUT2D eigenvalue weighted by Gasteiger charge is 2.23. The van der Waals surface area contributed by atoms with Crippen molar-refractivity contribution in [3.63, 3.8) is 0 Å².